The van der Waals surface area contributed by atoms with E-state index in [0.717, 1.165) is 23.4 Å². The zero-order valence-electron chi connectivity index (χ0n) is 13.8. The first kappa shape index (κ1) is 17.4. The highest BCUT2D eigenvalue weighted by atomic mass is 19.1. The van der Waals surface area contributed by atoms with Crippen molar-refractivity contribution in [1.82, 2.24) is 5.32 Å². The SMILES string of the molecule is CC(C)C(CN)NCc1cccc(OCc2cccc(F)c2)c1. The Bertz CT molecular complexity index is 616. The van der Waals surface area contributed by atoms with Crippen LogP contribution in [0.5, 0.6) is 5.75 Å². The topological polar surface area (TPSA) is 47.3 Å². The summed E-state index contributed by atoms with van der Waals surface area (Å²) in [6, 6.07) is 14.7. The molecule has 2 rings (SSSR count). The summed E-state index contributed by atoms with van der Waals surface area (Å²) in [5.74, 6) is 1.03. The Balaban J connectivity index is 1.91. The lowest BCUT2D eigenvalue weighted by Crippen LogP contribution is -2.39. The molecule has 4 heteroatoms. The Morgan fingerprint density at radius 3 is 2.52 bits per heavy atom. The minimum absolute atomic E-state index is 0.245. The van der Waals surface area contributed by atoms with Crippen LogP contribution >= 0.6 is 0 Å². The molecule has 23 heavy (non-hydrogen) atoms. The minimum atomic E-state index is -0.245. The van der Waals surface area contributed by atoms with Gasteiger partial charge in [0.2, 0.25) is 0 Å². The highest BCUT2D eigenvalue weighted by Gasteiger charge is 2.10. The van der Waals surface area contributed by atoms with Gasteiger partial charge in [0.15, 0.2) is 0 Å². The Kier molecular flexibility index (Phi) is 6.56. The van der Waals surface area contributed by atoms with Crippen molar-refractivity contribution in [3.05, 3.63) is 65.5 Å². The van der Waals surface area contributed by atoms with Crippen LogP contribution in [0, 0.1) is 11.7 Å². The molecule has 0 amide bonds. The number of hydrogen-bond donors (Lipinski definition) is 2. The number of halogens is 1. The molecule has 0 aliphatic heterocycles. The van der Waals surface area contributed by atoms with Gasteiger partial charge in [0.1, 0.15) is 18.2 Å². The maximum absolute atomic E-state index is 13.2. The smallest absolute Gasteiger partial charge is 0.123 e. The molecular weight excluding hydrogens is 291 g/mol. The van der Waals surface area contributed by atoms with E-state index in [2.05, 4.69) is 25.2 Å². The molecule has 0 saturated heterocycles. The summed E-state index contributed by atoms with van der Waals surface area (Å²) < 4.78 is 18.9. The van der Waals surface area contributed by atoms with E-state index in [-0.39, 0.29) is 5.82 Å². The molecule has 0 saturated carbocycles. The standard InChI is InChI=1S/C19H25FN2O/c1-14(2)19(11-21)22-12-15-5-4-8-18(10-15)23-13-16-6-3-7-17(20)9-16/h3-10,14,19,22H,11-13,21H2,1-2H3. The molecular formula is C19H25FN2O. The first-order chi connectivity index (χ1) is 11.1. The van der Waals surface area contributed by atoms with Crippen LogP contribution < -0.4 is 15.8 Å². The van der Waals surface area contributed by atoms with Crippen LogP contribution in [0.15, 0.2) is 48.5 Å². The molecule has 0 aliphatic rings. The van der Waals surface area contributed by atoms with Gasteiger partial charge >= 0.3 is 0 Å². The van der Waals surface area contributed by atoms with Crippen molar-refractivity contribution >= 4 is 0 Å². The molecule has 0 fully saturated rings. The van der Waals surface area contributed by atoms with E-state index in [1.807, 2.05) is 24.3 Å². The number of ether oxygens (including phenoxy) is 1. The molecule has 0 radical (unpaired) electrons. The Morgan fingerprint density at radius 1 is 1.09 bits per heavy atom. The van der Waals surface area contributed by atoms with Crippen molar-refractivity contribution in [3.8, 4) is 5.75 Å². The van der Waals surface area contributed by atoms with Crippen LogP contribution in [-0.2, 0) is 13.2 Å². The number of nitrogens with one attached hydrogen (secondary N) is 1. The molecule has 3 nitrogen and oxygen atoms in total. The number of nitrogens with two attached hydrogens (primary N) is 1. The van der Waals surface area contributed by atoms with E-state index in [1.54, 1.807) is 6.07 Å². The van der Waals surface area contributed by atoms with Crippen molar-refractivity contribution in [2.24, 2.45) is 11.7 Å². The van der Waals surface area contributed by atoms with Crippen molar-refractivity contribution < 1.29 is 9.13 Å². The van der Waals surface area contributed by atoms with Crippen molar-refractivity contribution in [2.75, 3.05) is 6.54 Å². The van der Waals surface area contributed by atoms with Gasteiger partial charge in [0.05, 0.1) is 0 Å². The molecule has 0 heterocycles. The van der Waals surface area contributed by atoms with Crippen molar-refractivity contribution in [3.63, 3.8) is 0 Å². The van der Waals surface area contributed by atoms with Gasteiger partial charge in [-0.15, -0.1) is 0 Å². The third kappa shape index (κ3) is 5.66. The fourth-order valence-corrected chi connectivity index (χ4v) is 2.38. The van der Waals surface area contributed by atoms with Gasteiger partial charge in [-0.3, -0.25) is 0 Å². The third-order valence-corrected chi connectivity index (χ3v) is 3.82. The molecule has 0 bridgehead atoms. The molecule has 124 valence electrons. The fraction of sp³-hybridized carbons (Fsp3) is 0.368. The second-order valence-electron chi connectivity index (χ2n) is 6.03. The van der Waals surface area contributed by atoms with Crippen LogP contribution in [0.1, 0.15) is 25.0 Å². The summed E-state index contributed by atoms with van der Waals surface area (Å²) in [5.41, 5.74) is 7.73. The van der Waals surface area contributed by atoms with Crippen molar-refractivity contribution in [2.45, 2.75) is 33.0 Å². The summed E-state index contributed by atoms with van der Waals surface area (Å²) in [6.45, 7) is 6.03. The van der Waals surface area contributed by atoms with Crippen molar-refractivity contribution in [1.29, 1.82) is 0 Å². The van der Waals surface area contributed by atoms with E-state index < -0.39 is 0 Å². The van der Waals surface area contributed by atoms with Gasteiger partial charge in [0, 0.05) is 19.1 Å². The van der Waals surface area contributed by atoms with Gasteiger partial charge in [-0.2, -0.15) is 0 Å². The lowest BCUT2D eigenvalue weighted by atomic mass is 10.0. The Morgan fingerprint density at radius 2 is 1.83 bits per heavy atom. The molecule has 0 aromatic heterocycles. The summed E-state index contributed by atoms with van der Waals surface area (Å²) in [5, 5.41) is 3.46. The van der Waals surface area contributed by atoms with Crippen LogP contribution in [0.2, 0.25) is 0 Å². The van der Waals surface area contributed by atoms with E-state index in [9.17, 15) is 4.39 Å². The van der Waals surface area contributed by atoms with Gasteiger partial charge < -0.3 is 15.8 Å². The predicted molar refractivity (Wildman–Crippen MR) is 91.7 cm³/mol. The first-order valence-electron chi connectivity index (χ1n) is 7.98. The summed E-state index contributed by atoms with van der Waals surface area (Å²) in [7, 11) is 0. The van der Waals surface area contributed by atoms with E-state index in [0.29, 0.717) is 25.1 Å². The maximum atomic E-state index is 13.2. The highest BCUT2D eigenvalue weighted by molar-refractivity contribution is 5.29. The zero-order valence-corrected chi connectivity index (χ0v) is 13.8. The predicted octanol–water partition coefficient (Wildman–Crippen LogP) is 3.48. The van der Waals surface area contributed by atoms with Crippen LogP contribution in [0.3, 0.4) is 0 Å². The van der Waals surface area contributed by atoms with Gasteiger partial charge in [-0.05, 0) is 41.3 Å². The normalized spacial score (nSPS) is 12.4. The van der Waals surface area contributed by atoms with E-state index in [1.165, 1.54) is 12.1 Å². The molecule has 2 aromatic rings. The quantitative estimate of drug-likeness (QED) is 0.784. The number of benzene rings is 2. The molecule has 0 aliphatic carbocycles. The highest BCUT2D eigenvalue weighted by Crippen LogP contribution is 2.16. The van der Waals surface area contributed by atoms with E-state index >= 15 is 0 Å². The maximum Gasteiger partial charge on any atom is 0.123 e. The molecule has 3 N–H and O–H groups in total. The van der Waals surface area contributed by atoms with Gasteiger partial charge in [0.25, 0.3) is 0 Å². The van der Waals surface area contributed by atoms with E-state index in [4.69, 9.17) is 10.5 Å². The van der Waals surface area contributed by atoms with Gasteiger partial charge in [-0.25, -0.2) is 4.39 Å². The van der Waals surface area contributed by atoms with Crippen LogP contribution in [-0.4, -0.2) is 12.6 Å². The second-order valence-corrected chi connectivity index (χ2v) is 6.03. The lowest BCUT2D eigenvalue weighted by Gasteiger charge is -2.20. The van der Waals surface area contributed by atoms with Gasteiger partial charge in [-0.1, -0.05) is 38.1 Å². The molecule has 1 unspecified atom stereocenters. The molecule has 1 atom stereocenters. The molecule has 0 spiro atoms. The summed E-state index contributed by atoms with van der Waals surface area (Å²) >= 11 is 0. The monoisotopic (exact) mass is 316 g/mol. The zero-order chi connectivity index (χ0) is 16.7. The molecule has 2 aromatic carbocycles. The fourth-order valence-electron chi connectivity index (χ4n) is 2.38. The first-order valence-corrected chi connectivity index (χ1v) is 7.98. The minimum Gasteiger partial charge on any atom is -0.489 e. The third-order valence-electron chi connectivity index (χ3n) is 3.82. The van der Waals surface area contributed by atoms with Crippen LogP contribution in [0.25, 0.3) is 0 Å². The lowest BCUT2D eigenvalue weighted by molar-refractivity contribution is 0.305. The Labute approximate surface area is 137 Å². The number of hydrogen-bond acceptors (Lipinski definition) is 3. The second kappa shape index (κ2) is 8.65. The largest absolute Gasteiger partial charge is 0.489 e. The summed E-state index contributed by atoms with van der Waals surface area (Å²) in [4.78, 5) is 0. The average Bonchev–Trinajstić information content (AvgIpc) is 2.54. The number of rotatable bonds is 8. The average molecular weight is 316 g/mol. The summed E-state index contributed by atoms with van der Waals surface area (Å²) in [6.07, 6.45) is 0. The Hall–Kier alpha value is -1.91. The van der Waals surface area contributed by atoms with Crippen LogP contribution in [0.4, 0.5) is 4.39 Å².